The summed E-state index contributed by atoms with van der Waals surface area (Å²) in [5.41, 5.74) is 0.955. The Morgan fingerprint density at radius 3 is 2.64 bits per heavy atom. The average molecular weight is 612 g/mol. The zero-order valence-electron chi connectivity index (χ0n) is 21.1. The van der Waals surface area contributed by atoms with Crippen LogP contribution in [0.25, 0.3) is 10.4 Å². The highest BCUT2D eigenvalue weighted by Crippen LogP contribution is 2.35. The minimum Gasteiger partial charge on any atom is -0.449 e. The molecule has 0 saturated heterocycles. The molecule has 1 amide bonds. The Balaban J connectivity index is 1.56. The van der Waals surface area contributed by atoms with Crippen molar-refractivity contribution in [1.29, 1.82) is 0 Å². The van der Waals surface area contributed by atoms with E-state index >= 15 is 0 Å². The van der Waals surface area contributed by atoms with Gasteiger partial charge in [0.1, 0.15) is 0 Å². The van der Waals surface area contributed by atoms with Crippen molar-refractivity contribution in [3.8, 4) is 10.4 Å². The summed E-state index contributed by atoms with van der Waals surface area (Å²) in [5, 5.41) is 5.57. The second kappa shape index (κ2) is 13.7. The van der Waals surface area contributed by atoms with Gasteiger partial charge in [0, 0.05) is 11.8 Å². The van der Waals surface area contributed by atoms with E-state index in [1.54, 1.807) is 6.92 Å². The Morgan fingerprint density at radius 1 is 1.23 bits per heavy atom. The van der Waals surface area contributed by atoms with Gasteiger partial charge in [0.25, 0.3) is 5.91 Å². The van der Waals surface area contributed by atoms with Gasteiger partial charge in [0.2, 0.25) is 10.0 Å². The van der Waals surface area contributed by atoms with Gasteiger partial charge in [0.15, 0.2) is 16.9 Å². The van der Waals surface area contributed by atoms with Gasteiger partial charge in [-0.15, -0.1) is 0 Å². The van der Waals surface area contributed by atoms with Crippen molar-refractivity contribution in [2.75, 3.05) is 35.5 Å². The molecular formula is C23H29ClF3N5O5S2. The maximum Gasteiger partial charge on any atom is 0.490 e. The maximum absolute atomic E-state index is 12.6. The summed E-state index contributed by atoms with van der Waals surface area (Å²) >= 11 is 7.09. The van der Waals surface area contributed by atoms with Gasteiger partial charge in [0.05, 0.1) is 22.0 Å². The maximum atomic E-state index is 12.6. The molecule has 1 aliphatic rings. The number of anilines is 2. The first-order valence-electron chi connectivity index (χ1n) is 12.2. The molecule has 2 heterocycles. The third-order valence-corrected chi connectivity index (χ3v) is 8.68. The molecule has 0 bridgehead atoms. The molecule has 1 aliphatic carbocycles. The molecule has 0 spiro atoms. The second-order valence-corrected chi connectivity index (χ2v) is 12.3. The van der Waals surface area contributed by atoms with Crippen LogP contribution in [-0.4, -0.2) is 61.9 Å². The van der Waals surface area contributed by atoms with Crippen molar-refractivity contribution in [2.24, 2.45) is 5.92 Å². The van der Waals surface area contributed by atoms with Crippen LogP contribution in [-0.2, 0) is 24.3 Å². The number of ether oxygens (including phenoxy) is 1. The van der Waals surface area contributed by atoms with E-state index in [1.807, 2.05) is 0 Å². The van der Waals surface area contributed by atoms with E-state index in [2.05, 4.69) is 30.1 Å². The van der Waals surface area contributed by atoms with Crippen molar-refractivity contribution >= 4 is 55.7 Å². The van der Waals surface area contributed by atoms with Crippen LogP contribution >= 0.6 is 22.9 Å². The summed E-state index contributed by atoms with van der Waals surface area (Å²) in [6.07, 6.45) is 2.80. The predicted molar refractivity (Wildman–Crippen MR) is 142 cm³/mol. The standard InChI is InChI=1S/C23H29ClF3N5O5S2/c1-14-19(38-22(30-14)31-18(33)13-37-21(34)23(25,26)27)16-10-17(20(24)29-12-16)32-39(35,36)9-5-8-28-11-15-6-3-2-4-7-15/h10,12,15,28,32H,2-9,11,13H2,1H3,(H,30,31,33). The number of carbonyl (C=O) groups is 2. The molecule has 1 saturated carbocycles. The number of pyridine rings is 1. The average Bonchev–Trinajstić information content (AvgIpc) is 3.23. The van der Waals surface area contributed by atoms with Crippen LogP contribution in [0, 0.1) is 12.8 Å². The van der Waals surface area contributed by atoms with Gasteiger partial charge in [-0.1, -0.05) is 42.2 Å². The third kappa shape index (κ3) is 9.89. The van der Waals surface area contributed by atoms with Crippen LogP contribution < -0.4 is 15.4 Å². The van der Waals surface area contributed by atoms with E-state index in [4.69, 9.17) is 11.6 Å². The van der Waals surface area contributed by atoms with Gasteiger partial charge in [-0.25, -0.2) is 23.2 Å². The number of hydrogen-bond acceptors (Lipinski definition) is 9. The first-order chi connectivity index (χ1) is 18.3. The summed E-state index contributed by atoms with van der Waals surface area (Å²) in [5.74, 6) is -2.95. The van der Waals surface area contributed by atoms with Gasteiger partial charge in [-0.05, 0) is 51.3 Å². The molecule has 0 aromatic carbocycles. The number of aromatic nitrogens is 2. The number of carbonyl (C=O) groups excluding carboxylic acids is 2. The van der Waals surface area contributed by atoms with Crippen molar-refractivity contribution in [3.05, 3.63) is 23.1 Å². The Labute approximate surface area is 233 Å². The molecule has 10 nitrogen and oxygen atoms in total. The van der Waals surface area contributed by atoms with Crippen LogP contribution in [0.15, 0.2) is 12.3 Å². The number of sulfonamides is 1. The van der Waals surface area contributed by atoms with Gasteiger partial charge in [-0.3, -0.25) is 14.8 Å². The number of thiazole rings is 1. The number of esters is 1. The summed E-state index contributed by atoms with van der Waals surface area (Å²) in [6, 6.07) is 1.48. The molecular weight excluding hydrogens is 583 g/mol. The van der Waals surface area contributed by atoms with Crippen molar-refractivity contribution < 1.29 is 35.9 Å². The smallest absolute Gasteiger partial charge is 0.449 e. The van der Waals surface area contributed by atoms with Crippen LogP contribution in [0.2, 0.25) is 5.15 Å². The topological polar surface area (TPSA) is 139 Å². The summed E-state index contributed by atoms with van der Waals surface area (Å²) < 4.78 is 68.3. The third-order valence-electron chi connectivity index (χ3n) is 5.90. The van der Waals surface area contributed by atoms with E-state index in [1.165, 1.54) is 44.4 Å². The normalized spacial score (nSPS) is 14.7. The quantitative estimate of drug-likeness (QED) is 0.181. The largest absolute Gasteiger partial charge is 0.490 e. The predicted octanol–water partition coefficient (Wildman–Crippen LogP) is 4.51. The van der Waals surface area contributed by atoms with Gasteiger partial charge < -0.3 is 10.1 Å². The lowest BCUT2D eigenvalue weighted by molar-refractivity contribution is -0.199. The summed E-state index contributed by atoms with van der Waals surface area (Å²) in [7, 11) is -3.71. The van der Waals surface area contributed by atoms with Crippen molar-refractivity contribution in [1.82, 2.24) is 15.3 Å². The Kier molecular flexibility index (Phi) is 10.9. The number of nitrogens with one attached hydrogen (secondary N) is 3. The zero-order valence-corrected chi connectivity index (χ0v) is 23.5. The number of amides is 1. The van der Waals surface area contributed by atoms with Crippen LogP contribution in [0.4, 0.5) is 24.0 Å². The number of aryl methyl sites for hydroxylation is 1. The van der Waals surface area contributed by atoms with E-state index in [0.29, 0.717) is 35.0 Å². The molecule has 0 unspecified atom stereocenters. The number of rotatable bonds is 12. The summed E-state index contributed by atoms with van der Waals surface area (Å²) in [6.45, 7) is 1.94. The van der Waals surface area contributed by atoms with E-state index in [0.717, 1.165) is 17.9 Å². The van der Waals surface area contributed by atoms with E-state index < -0.39 is 34.7 Å². The van der Waals surface area contributed by atoms with Crippen molar-refractivity contribution in [2.45, 2.75) is 51.6 Å². The first-order valence-corrected chi connectivity index (χ1v) is 15.1. The highest BCUT2D eigenvalue weighted by Gasteiger charge is 2.41. The minimum atomic E-state index is -5.21. The lowest BCUT2D eigenvalue weighted by Gasteiger charge is -2.21. The lowest BCUT2D eigenvalue weighted by atomic mass is 9.89. The molecule has 16 heteroatoms. The Morgan fingerprint density at radius 2 is 1.95 bits per heavy atom. The fourth-order valence-electron chi connectivity index (χ4n) is 4.03. The SMILES string of the molecule is Cc1nc(NC(=O)COC(=O)C(F)(F)F)sc1-c1cnc(Cl)c(NS(=O)(=O)CCCNCC2CCCCC2)c1. The zero-order chi connectivity index (χ0) is 28.6. The van der Waals surface area contributed by atoms with Crippen LogP contribution in [0.1, 0.15) is 44.2 Å². The fourth-order valence-corrected chi connectivity index (χ4v) is 6.32. The molecule has 0 atom stereocenters. The highest BCUT2D eigenvalue weighted by atomic mass is 35.5. The number of hydrogen-bond donors (Lipinski definition) is 3. The fraction of sp³-hybridized carbons (Fsp3) is 0.565. The molecule has 3 N–H and O–H groups in total. The molecule has 216 valence electrons. The van der Waals surface area contributed by atoms with Gasteiger partial charge >= 0.3 is 12.1 Å². The highest BCUT2D eigenvalue weighted by molar-refractivity contribution is 7.92. The van der Waals surface area contributed by atoms with Crippen molar-refractivity contribution in [3.63, 3.8) is 0 Å². The minimum absolute atomic E-state index is 0.0355. The Bertz CT molecular complexity index is 1270. The summed E-state index contributed by atoms with van der Waals surface area (Å²) in [4.78, 5) is 31.3. The van der Waals surface area contributed by atoms with Gasteiger partial charge in [-0.2, -0.15) is 13.2 Å². The molecule has 39 heavy (non-hydrogen) atoms. The molecule has 3 rings (SSSR count). The number of alkyl halides is 3. The molecule has 0 aliphatic heterocycles. The monoisotopic (exact) mass is 611 g/mol. The van der Waals surface area contributed by atoms with Crippen LogP contribution in [0.5, 0.6) is 0 Å². The van der Waals surface area contributed by atoms with E-state index in [-0.39, 0.29) is 21.7 Å². The molecule has 1 fully saturated rings. The molecule has 2 aromatic heterocycles. The second-order valence-electron chi connectivity index (χ2n) is 9.10. The first kappa shape index (κ1) is 31.0. The molecule has 0 radical (unpaired) electrons. The lowest BCUT2D eigenvalue weighted by Crippen LogP contribution is -2.29. The van der Waals surface area contributed by atoms with E-state index in [9.17, 15) is 31.2 Å². The van der Waals surface area contributed by atoms with Crippen LogP contribution in [0.3, 0.4) is 0 Å². The number of nitrogens with zero attached hydrogens (tertiary/aromatic N) is 2. The number of halogens is 4. The Hall–Kier alpha value is -2.49. The molecule has 2 aromatic rings.